The lowest BCUT2D eigenvalue weighted by Gasteiger charge is -2.18. The average Bonchev–Trinajstić information content (AvgIpc) is 2.39. The first-order valence-electron chi connectivity index (χ1n) is 5.11. The fourth-order valence-corrected chi connectivity index (χ4v) is 2.15. The second kappa shape index (κ2) is 3.05. The van der Waals surface area contributed by atoms with E-state index in [4.69, 9.17) is 0 Å². The van der Waals surface area contributed by atoms with Gasteiger partial charge < -0.3 is 4.90 Å². The Bertz CT molecular complexity index is 426. The maximum absolute atomic E-state index is 13.7. The smallest absolute Gasteiger partial charge is 0.237 e. The van der Waals surface area contributed by atoms with Gasteiger partial charge in [-0.2, -0.15) is 0 Å². The Morgan fingerprint density at radius 3 is 2.67 bits per heavy atom. The van der Waals surface area contributed by atoms with E-state index in [1.807, 2.05) is 26.8 Å². The van der Waals surface area contributed by atoms with Crippen molar-refractivity contribution < 1.29 is 9.18 Å². The van der Waals surface area contributed by atoms with Gasteiger partial charge in [0.05, 0.1) is 11.1 Å². The summed E-state index contributed by atoms with van der Waals surface area (Å²) in [5.41, 5.74) is 0.636. The van der Waals surface area contributed by atoms with Crippen LogP contribution in [0.2, 0.25) is 0 Å². The molecule has 1 aliphatic heterocycles. The second-order valence-electron chi connectivity index (χ2n) is 4.31. The summed E-state index contributed by atoms with van der Waals surface area (Å²) < 4.78 is 13.7. The van der Waals surface area contributed by atoms with Crippen LogP contribution in [0.4, 0.5) is 10.1 Å². The highest BCUT2D eigenvalue weighted by atomic mass is 19.1. The summed E-state index contributed by atoms with van der Waals surface area (Å²) in [4.78, 5) is 13.5. The molecule has 0 bridgehead atoms. The summed E-state index contributed by atoms with van der Waals surface area (Å²) in [6, 6.07) is 4.88. The fraction of sp³-hybridized carbons (Fsp3) is 0.417. The van der Waals surface area contributed by atoms with E-state index < -0.39 is 5.41 Å². The molecule has 0 fully saturated rings. The van der Waals surface area contributed by atoms with Crippen molar-refractivity contribution in [1.82, 2.24) is 0 Å². The maximum atomic E-state index is 13.7. The second-order valence-corrected chi connectivity index (χ2v) is 4.31. The predicted octanol–water partition coefficient (Wildman–Crippen LogP) is 2.47. The van der Waals surface area contributed by atoms with Gasteiger partial charge in [-0.15, -0.1) is 0 Å². The van der Waals surface area contributed by atoms with E-state index in [9.17, 15) is 9.18 Å². The Balaban J connectivity index is 2.70. The largest absolute Gasteiger partial charge is 0.309 e. The van der Waals surface area contributed by atoms with Gasteiger partial charge in [0.2, 0.25) is 5.91 Å². The molecule has 1 amide bonds. The highest BCUT2D eigenvalue weighted by Gasteiger charge is 2.44. The van der Waals surface area contributed by atoms with Gasteiger partial charge in [-0.3, -0.25) is 4.79 Å². The van der Waals surface area contributed by atoms with Crippen LogP contribution in [0.1, 0.15) is 26.3 Å². The first-order chi connectivity index (χ1) is 7.00. The Morgan fingerprint density at radius 1 is 1.40 bits per heavy atom. The van der Waals surface area contributed by atoms with Crippen molar-refractivity contribution in [2.24, 2.45) is 0 Å². The van der Waals surface area contributed by atoms with E-state index in [2.05, 4.69) is 0 Å². The molecular weight excluding hydrogens is 193 g/mol. The maximum Gasteiger partial charge on any atom is 0.237 e. The number of carbonyl (C=O) groups is 1. The van der Waals surface area contributed by atoms with Crippen LogP contribution >= 0.6 is 0 Å². The number of hydrogen-bond donors (Lipinski definition) is 0. The molecule has 0 N–H and O–H groups in total. The number of nitrogens with zero attached hydrogens (tertiary/aromatic N) is 1. The summed E-state index contributed by atoms with van der Waals surface area (Å²) in [6.45, 7) is 6.04. The molecule has 15 heavy (non-hydrogen) atoms. The van der Waals surface area contributed by atoms with E-state index in [-0.39, 0.29) is 11.7 Å². The minimum Gasteiger partial charge on any atom is -0.309 e. The molecule has 0 radical (unpaired) electrons. The van der Waals surface area contributed by atoms with Crippen LogP contribution in [0.5, 0.6) is 0 Å². The molecule has 0 spiro atoms. The summed E-state index contributed by atoms with van der Waals surface area (Å²) in [6.07, 6.45) is 0. The zero-order chi connectivity index (χ0) is 11.2. The van der Waals surface area contributed by atoms with Gasteiger partial charge in [-0.1, -0.05) is 12.1 Å². The van der Waals surface area contributed by atoms with Gasteiger partial charge in [0.25, 0.3) is 0 Å². The minimum absolute atomic E-state index is 0.0231. The van der Waals surface area contributed by atoms with Crippen molar-refractivity contribution in [2.45, 2.75) is 26.2 Å². The third-order valence-corrected chi connectivity index (χ3v) is 3.03. The number of halogens is 1. The lowest BCUT2D eigenvalue weighted by molar-refractivity contribution is -0.122. The van der Waals surface area contributed by atoms with E-state index in [0.717, 1.165) is 5.56 Å². The van der Waals surface area contributed by atoms with Crippen LogP contribution in [-0.4, -0.2) is 12.5 Å². The van der Waals surface area contributed by atoms with Crippen LogP contribution in [0.15, 0.2) is 18.2 Å². The zero-order valence-corrected chi connectivity index (χ0v) is 9.17. The molecule has 3 heteroatoms. The molecule has 1 heterocycles. The molecule has 1 aromatic carbocycles. The van der Waals surface area contributed by atoms with Gasteiger partial charge in [0.1, 0.15) is 5.82 Å². The van der Waals surface area contributed by atoms with E-state index in [1.54, 1.807) is 6.07 Å². The number of carbonyl (C=O) groups excluding carboxylic acids is 1. The number of hydrogen-bond acceptors (Lipinski definition) is 1. The molecular formula is C12H14FNO. The van der Waals surface area contributed by atoms with Crippen LogP contribution in [0.25, 0.3) is 0 Å². The molecule has 0 unspecified atom stereocenters. The van der Waals surface area contributed by atoms with Crippen LogP contribution < -0.4 is 4.90 Å². The van der Waals surface area contributed by atoms with Gasteiger partial charge in [0.15, 0.2) is 0 Å². The molecule has 0 aliphatic carbocycles. The van der Waals surface area contributed by atoms with E-state index in [0.29, 0.717) is 12.2 Å². The molecule has 0 saturated heterocycles. The molecule has 0 atom stereocenters. The number of likely N-dealkylation sites (N-methyl/N-ethyl adjacent to an activating group) is 1. The molecule has 1 aliphatic rings. The third kappa shape index (κ3) is 1.19. The van der Waals surface area contributed by atoms with Gasteiger partial charge >= 0.3 is 0 Å². The quantitative estimate of drug-likeness (QED) is 0.692. The van der Waals surface area contributed by atoms with Crippen LogP contribution in [0, 0.1) is 5.82 Å². The summed E-state index contributed by atoms with van der Waals surface area (Å²) >= 11 is 0. The van der Waals surface area contributed by atoms with Crippen LogP contribution in [0.3, 0.4) is 0 Å². The lowest BCUT2D eigenvalue weighted by atomic mass is 9.86. The van der Waals surface area contributed by atoms with E-state index >= 15 is 0 Å². The highest BCUT2D eigenvalue weighted by molar-refractivity contribution is 6.07. The Hall–Kier alpha value is -1.38. The average molecular weight is 207 g/mol. The number of para-hydroxylation sites is 1. The van der Waals surface area contributed by atoms with Crippen molar-refractivity contribution in [1.29, 1.82) is 0 Å². The van der Waals surface area contributed by atoms with Crippen molar-refractivity contribution in [3.8, 4) is 0 Å². The van der Waals surface area contributed by atoms with Crippen molar-refractivity contribution in [3.05, 3.63) is 29.6 Å². The summed E-state index contributed by atoms with van der Waals surface area (Å²) in [5.74, 6) is -0.335. The Morgan fingerprint density at radius 2 is 2.07 bits per heavy atom. The lowest BCUT2D eigenvalue weighted by Crippen LogP contribution is -2.36. The SMILES string of the molecule is CCN1C(=O)C(C)(C)c2cccc(F)c21. The summed E-state index contributed by atoms with van der Waals surface area (Å²) in [7, 11) is 0. The standard InChI is InChI=1S/C12H14FNO/c1-4-14-10-8(6-5-7-9(10)13)12(2,3)11(14)15/h5-7H,4H2,1-3H3. The van der Waals surface area contributed by atoms with Gasteiger partial charge in [-0.25, -0.2) is 4.39 Å². The Kier molecular flexibility index (Phi) is 2.07. The molecule has 2 nitrogen and oxygen atoms in total. The minimum atomic E-state index is -0.604. The molecule has 1 aromatic rings. The summed E-state index contributed by atoms with van der Waals surface area (Å²) in [5, 5.41) is 0. The van der Waals surface area contributed by atoms with E-state index in [1.165, 1.54) is 11.0 Å². The molecule has 2 rings (SSSR count). The first kappa shape index (κ1) is 10.1. The van der Waals surface area contributed by atoms with Gasteiger partial charge in [-0.05, 0) is 32.4 Å². The Labute approximate surface area is 88.7 Å². The topological polar surface area (TPSA) is 20.3 Å². The number of fused-ring (bicyclic) bond motifs is 1. The normalized spacial score (nSPS) is 18.1. The third-order valence-electron chi connectivity index (χ3n) is 3.03. The van der Waals surface area contributed by atoms with Crippen LogP contribution in [-0.2, 0) is 10.2 Å². The number of anilines is 1. The fourth-order valence-electron chi connectivity index (χ4n) is 2.15. The van der Waals surface area contributed by atoms with Crippen molar-refractivity contribution >= 4 is 11.6 Å². The molecule has 80 valence electrons. The highest BCUT2D eigenvalue weighted by Crippen LogP contribution is 2.42. The monoisotopic (exact) mass is 207 g/mol. The number of benzene rings is 1. The predicted molar refractivity (Wildman–Crippen MR) is 57.5 cm³/mol. The number of rotatable bonds is 1. The van der Waals surface area contributed by atoms with Gasteiger partial charge in [0, 0.05) is 6.54 Å². The van der Waals surface area contributed by atoms with Crippen molar-refractivity contribution in [3.63, 3.8) is 0 Å². The zero-order valence-electron chi connectivity index (χ0n) is 9.17. The molecule has 0 aromatic heterocycles. The first-order valence-corrected chi connectivity index (χ1v) is 5.11. The van der Waals surface area contributed by atoms with Crippen molar-refractivity contribution in [2.75, 3.05) is 11.4 Å². The number of amides is 1. The molecule has 0 saturated carbocycles.